The van der Waals surface area contributed by atoms with E-state index in [0.717, 1.165) is 0 Å². The molecule has 84 valence electrons. The van der Waals surface area contributed by atoms with Gasteiger partial charge < -0.3 is 14.9 Å². The van der Waals surface area contributed by atoms with E-state index in [9.17, 15) is 4.39 Å². The zero-order valence-electron chi connectivity index (χ0n) is 8.87. The first kappa shape index (κ1) is 10.7. The predicted octanol–water partition coefficient (Wildman–Crippen LogP) is 2.55. The summed E-state index contributed by atoms with van der Waals surface area (Å²) in [5.74, 6) is 1.08. The summed E-state index contributed by atoms with van der Waals surface area (Å²) in [5, 5.41) is 0. The van der Waals surface area contributed by atoms with Gasteiger partial charge in [0.25, 0.3) is 0 Å². The van der Waals surface area contributed by atoms with Crippen LogP contribution in [0.5, 0.6) is 5.75 Å². The summed E-state index contributed by atoms with van der Waals surface area (Å²) in [5.41, 5.74) is 6.09. The molecule has 16 heavy (non-hydrogen) atoms. The van der Waals surface area contributed by atoms with Crippen molar-refractivity contribution in [2.75, 3.05) is 7.11 Å². The zero-order valence-corrected chi connectivity index (χ0v) is 8.87. The molecule has 2 aromatic rings. The van der Waals surface area contributed by atoms with E-state index in [-0.39, 0.29) is 5.75 Å². The van der Waals surface area contributed by atoms with E-state index >= 15 is 0 Å². The third kappa shape index (κ3) is 1.92. The lowest BCUT2D eigenvalue weighted by Gasteiger charge is -2.03. The van der Waals surface area contributed by atoms with Gasteiger partial charge >= 0.3 is 0 Å². The number of furan rings is 1. The van der Waals surface area contributed by atoms with Crippen LogP contribution >= 0.6 is 0 Å². The average Bonchev–Trinajstić information content (AvgIpc) is 2.77. The van der Waals surface area contributed by atoms with Crippen molar-refractivity contribution in [3.8, 4) is 17.1 Å². The second kappa shape index (κ2) is 4.37. The van der Waals surface area contributed by atoms with Gasteiger partial charge in [0.05, 0.1) is 13.7 Å². The third-order valence-corrected chi connectivity index (χ3v) is 2.30. The fraction of sp³-hybridized carbons (Fsp3) is 0.167. The number of hydrogen-bond acceptors (Lipinski definition) is 3. The number of methoxy groups -OCH3 is 1. The Bertz CT molecular complexity index is 494. The van der Waals surface area contributed by atoms with Crippen LogP contribution in [0.3, 0.4) is 0 Å². The fourth-order valence-electron chi connectivity index (χ4n) is 1.46. The van der Waals surface area contributed by atoms with E-state index in [2.05, 4.69) is 0 Å². The van der Waals surface area contributed by atoms with Crippen LogP contribution in [0, 0.1) is 5.82 Å². The molecule has 1 heterocycles. The average molecular weight is 221 g/mol. The second-order valence-corrected chi connectivity index (χ2v) is 3.32. The standard InChI is InChI=1S/C12H12FNO2/c1-15-12-4-2-8(6-10(12)13)11-5-3-9(7-14)16-11/h2-6H,7,14H2,1H3. The summed E-state index contributed by atoms with van der Waals surface area (Å²) in [7, 11) is 1.43. The van der Waals surface area contributed by atoms with Gasteiger partial charge in [-0.2, -0.15) is 0 Å². The Morgan fingerprint density at radius 3 is 2.69 bits per heavy atom. The Morgan fingerprint density at radius 2 is 2.12 bits per heavy atom. The lowest BCUT2D eigenvalue weighted by atomic mass is 10.1. The molecule has 4 heteroatoms. The molecule has 0 aliphatic heterocycles. The quantitative estimate of drug-likeness (QED) is 0.866. The van der Waals surface area contributed by atoms with E-state index in [1.807, 2.05) is 0 Å². The minimum atomic E-state index is -0.411. The second-order valence-electron chi connectivity index (χ2n) is 3.32. The summed E-state index contributed by atoms with van der Waals surface area (Å²) >= 11 is 0. The fourth-order valence-corrected chi connectivity index (χ4v) is 1.46. The summed E-state index contributed by atoms with van der Waals surface area (Å²) in [6, 6.07) is 8.22. The van der Waals surface area contributed by atoms with Gasteiger partial charge in [0.15, 0.2) is 11.6 Å². The smallest absolute Gasteiger partial charge is 0.165 e. The number of nitrogens with two attached hydrogens (primary N) is 1. The van der Waals surface area contributed by atoms with E-state index in [1.54, 1.807) is 24.3 Å². The molecule has 3 nitrogen and oxygen atoms in total. The summed E-state index contributed by atoms with van der Waals surface area (Å²) in [6.07, 6.45) is 0. The highest BCUT2D eigenvalue weighted by Crippen LogP contribution is 2.26. The first-order valence-corrected chi connectivity index (χ1v) is 4.87. The number of ether oxygens (including phenoxy) is 1. The van der Waals surface area contributed by atoms with E-state index < -0.39 is 5.82 Å². The predicted molar refractivity (Wildman–Crippen MR) is 58.5 cm³/mol. The van der Waals surface area contributed by atoms with Crippen LogP contribution in [-0.2, 0) is 6.54 Å². The van der Waals surface area contributed by atoms with Crippen LogP contribution in [0.4, 0.5) is 4.39 Å². The first-order valence-electron chi connectivity index (χ1n) is 4.87. The molecular weight excluding hydrogens is 209 g/mol. The molecule has 2 rings (SSSR count). The third-order valence-electron chi connectivity index (χ3n) is 2.30. The molecule has 0 bridgehead atoms. The van der Waals surface area contributed by atoms with Crippen LogP contribution in [-0.4, -0.2) is 7.11 Å². The molecule has 0 aliphatic rings. The molecular formula is C12H12FNO2. The van der Waals surface area contributed by atoms with Gasteiger partial charge in [0.2, 0.25) is 0 Å². The number of rotatable bonds is 3. The molecule has 0 unspecified atom stereocenters. The van der Waals surface area contributed by atoms with Crippen LogP contribution in [0.2, 0.25) is 0 Å². The van der Waals surface area contributed by atoms with Gasteiger partial charge in [-0.3, -0.25) is 0 Å². The topological polar surface area (TPSA) is 48.4 Å². The van der Waals surface area contributed by atoms with Gasteiger partial charge in [-0.05, 0) is 30.3 Å². The van der Waals surface area contributed by atoms with E-state index in [0.29, 0.717) is 23.6 Å². The lowest BCUT2D eigenvalue weighted by Crippen LogP contribution is -1.92. The molecule has 1 aromatic heterocycles. The molecule has 0 saturated carbocycles. The van der Waals surface area contributed by atoms with Crippen molar-refractivity contribution in [2.45, 2.75) is 6.54 Å². The Kier molecular flexibility index (Phi) is 2.92. The van der Waals surface area contributed by atoms with Gasteiger partial charge in [0.1, 0.15) is 11.5 Å². The van der Waals surface area contributed by atoms with Crippen molar-refractivity contribution in [1.29, 1.82) is 0 Å². The van der Waals surface area contributed by atoms with Crippen molar-refractivity contribution in [1.82, 2.24) is 0 Å². The maximum Gasteiger partial charge on any atom is 0.165 e. The molecule has 0 saturated heterocycles. The number of halogens is 1. The van der Waals surface area contributed by atoms with Crippen LogP contribution in [0.15, 0.2) is 34.7 Å². The van der Waals surface area contributed by atoms with Crippen molar-refractivity contribution < 1.29 is 13.5 Å². The Balaban J connectivity index is 2.37. The highest BCUT2D eigenvalue weighted by atomic mass is 19.1. The Morgan fingerprint density at radius 1 is 1.31 bits per heavy atom. The van der Waals surface area contributed by atoms with Gasteiger partial charge in [-0.25, -0.2) is 4.39 Å². The largest absolute Gasteiger partial charge is 0.494 e. The number of benzene rings is 1. The van der Waals surface area contributed by atoms with Gasteiger partial charge in [-0.15, -0.1) is 0 Å². The maximum atomic E-state index is 13.4. The van der Waals surface area contributed by atoms with Gasteiger partial charge in [0, 0.05) is 5.56 Å². The van der Waals surface area contributed by atoms with Crippen molar-refractivity contribution >= 4 is 0 Å². The zero-order chi connectivity index (χ0) is 11.5. The Labute approximate surface area is 92.6 Å². The van der Waals surface area contributed by atoms with Gasteiger partial charge in [-0.1, -0.05) is 0 Å². The highest BCUT2D eigenvalue weighted by molar-refractivity contribution is 5.59. The van der Waals surface area contributed by atoms with Crippen molar-refractivity contribution in [2.24, 2.45) is 5.73 Å². The monoisotopic (exact) mass is 221 g/mol. The number of hydrogen-bond donors (Lipinski definition) is 1. The molecule has 0 radical (unpaired) electrons. The van der Waals surface area contributed by atoms with E-state index in [1.165, 1.54) is 13.2 Å². The van der Waals surface area contributed by atoms with Crippen LogP contribution in [0.1, 0.15) is 5.76 Å². The minimum Gasteiger partial charge on any atom is -0.494 e. The SMILES string of the molecule is COc1ccc(-c2ccc(CN)o2)cc1F. The van der Waals surface area contributed by atoms with Crippen molar-refractivity contribution in [3.63, 3.8) is 0 Å². The molecule has 0 aliphatic carbocycles. The molecule has 0 spiro atoms. The molecule has 1 aromatic carbocycles. The highest BCUT2D eigenvalue weighted by Gasteiger charge is 2.08. The molecule has 0 amide bonds. The van der Waals surface area contributed by atoms with Crippen LogP contribution in [0.25, 0.3) is 11.3 Å². The van der Waals surface area contributed by atoms with Crippen LogP contribution < -0.4 is 10.5 Å². The minimum absolute atomic E-state index is 0.217. The first-order chi connectivity index (χ1) is 7.74. The summed E-state index contributed by atoms with van der Waals surface area (Å²) in [4.78, 5) is 0. The molecule has 0 atom stereocenters. The lowest BCUT2D eigenvalue weighted by molar-refractivity contribution is 0.386. The van der Waals surface area contributed by atoms with E-state index in [4.69, 9.17) is 14.9 Å². The normalized spacial score (nSPS) is 10.4. The maximum absolute atomic E-state index is 13.4. The summed E-state index contributed by atoms with van der Waals surface area (Å²) in [6.45, 7) is 0.332. The molecule has 2 N–H and O–H groups in total. The Hall–Kier alpha value is -1.81. The summed E-state index contributed by atoms with van der Waals surface area (Å²) < 4.78 is 23.7. The molecule has 0 fully saturated rings. The van der Waals surface area contributed by atoms with Crippen molar-refractivity contribution in [3.05, 3.63) is 41.9 Å².